The Labute approximate surface area is 82.4 Å². The maximum Gasteiger partial charge on any atom is 0.274 e. The van der Waals surface area contributed by atoms with Crippen LogP contribution in [0, 0.1) is 0 Å². The molecule has 0 rings (SSSR count). The molecule has 78 valence electrons. The van der Waals surface area contributed by atoms with E-state index in [4.69, 9.17) is 0 Å². The molecular weight excluding hydrogens is 185 g/mol. The molecule has 1 atom stereocenters. The van der Waals surface area contributed by atoms with Crippen molar-refractivity contribution in [2.24, 2.45) is 0 Å². The van der Waals surface area contributed by atoms with Crippen LogP contribution in [0.2, 0.25) is 0 Å². The Bertz CT molecular complexity index is 194. The highest BCUT2D eigenvalue weighted by molar-refractivity contribution is 7.51. The predicted molar refractivity (Wildman–Crippen MR) is 58.6 cm³/mol. The molecule has 0 heterocycles. The van der Waals surface area contributed by atoms with E-state index in [1.165, 1.54) is 0 Å². The van der Waals surface area contributed by atoms with Gasteiger partial charge in [-0.2, -0.15) is 0 Å². The van der Waals surface area contributed by atoms with Gasteiger partial charge in [-0.15, -0.1) is 0 Å². The van der Waals surface area contributed by atoms with Gasteiger partial charge < -0.3 is 14.5 Å². The molecule has 0 aromatic carbocycles. The average molecular weight is 206 g/mol. The summed E-state index contributed by atoms with van der Waals surface area (Å²) in [4.78, 5) is 11.2. The molecule has 13 heavy (non-hydrogen) atoms. The Morgan fingerprint density at radius 2 is 2.00 bits per heavy atom. The maximum absolute atomic E-state index is 11.2. The summed E-state index contributed by atoms with van der Waals surface area (Å²) in [5.41, 5.74) is 0.0809. The second-order valence-electron chi connectivity index (χ2n) is 3.71. The Morgan fingerprint density at radius 3 is 2.31 bits per heavy atom. The van der Waals surface area contributed by atoms with Gasteiger partial charge in [0.1, 0.15) is 6.16 Å². The standard InChI is InChI=1S/C8H16NO2P.CH4/c1-5-6-12(11)8(10)7-9(2,3)4;/h5H,1,6-7H2,2-4H3;1H4/p+1. The number of quaternary nitrogens is 1. The Morgan fingerprint density at radius 1 is 1.54 bits per heavy atom. The highest BCUT2D eigenvalue weighted by atomic mass is 31.1. The molecule has 0 aromatic rings. The van der Waals surface area contributed by atoms with Crippen LogP contribution in [0.4, 0.5) is 0 Å². The highest BCUT2D eigenvalue weighted by Crippen LogP contribution is 2.13. The molecule has 0 fully saturated rings. The smallest absolute Gasteiger partial charge is 0.274 e. The van der Waals surface area contributed by atoms with Crippen LogP contribution in [-0.4, -0.2) is 48.9 Å². The van der Waals surface area contributed by atoms with E-state index in [1.54, 1.807) is 6.08 Å². The lowest BCUT2D eigenvalue weighted by molar-refractivity contribution is -0.861. The molecule has 1 N–H and O–H groups in total. The van der Waals surface area contributed by atoms with Crippen LogP contribution in [-0.2, 0) is 0 Å². The summed E-state index contributed by atoms with van der Waals surface area (Å²) in [6, 6.07) is 0. The molecule has 0 saturated heterocycles. The van der Waals surface area contributed by atoms with Gasteiger partial charge in [0.25, 0.3) is 5.48 Å². The van der Waals surface area contributed by atoms with Crippen LogP contribution in [0.1, 0.15) is 7.43 Å². The van der Waals surface area contributed by atoms with E-state index in [0.29, 0.717) is 17.2 Å². The zero-order chi connectivity index (χ0) is 9.78. The molecule has 1 unspecified atom stereocenters. The lowest BCUT2D eigenvalue weighted by atomic mass is 10.5. The summed E-state index contributed by atoms with van der Waals surface area (Å²) in [5.74, 6) is 0. The second-order valence-corrected chi connectivity index (χ2v) is 5.35. The van der Waals surface area contributed by atoms with Crippen LogP contribution >= 0.6 is 7.77 Å². The van der Waals surface area contributed by atoms with Crippen molar-refractivity contribution in [3.63, 3.8) is 0 Å². The van der Waals surface area contributed by atoms with Crippen molar-refractivity contribution in [1.29, 1.82) is 0 Å². The molecule has 0 aliphatic heterocycles. The van der Waals surface area contributed by atoms with E-state index in [9.17, 15) is 10.00 Å². The lowest BCUT2D eigenvalue weighted by Gasteiger charge is -2.21. The molecule has 4 heteroatoms. The molecular formula is C9H21NO2P+. The average Bonchev–Trinajstić information content (AvgIpc) is 1.84. The van der Waals surface area contributed by atoms with Gasteiger partial charge in [-0.05, 0) is 6.08 Å². The summed E-state index contributed by atoms with van der Waals surface area (Å²) < 4.78 is 0.587. The Kier molecular flexibility index (Phi) is 7.37. The first-order chi connectivity index (χ1) is 5.37. The minimum atomic E-state index is -1.62. The number of likely N-dealkylation sites (N-methyl/N-ethyl adjacent to an activating group) is 1. The number of nitrogens with zero attached hydrogens (tertiary/aromatic N) is 1. The van der Waals surface area contributed by atoms with Crippen molar-refractivity contribution < 1.29 is 14.5 Å². The summed E-state index contributed by atoms with van der Waals surface area (Å²) in [5, 5.41) is 9.35. The molecule has 0 aliphatic carbocycles. The van der Waals surface area contributed by atoms with E-state index in [1.807, 2.05) is 21.1 Å². The zero-order valence-electron chi connectivity index (χ0n) is 7.95. The first-order valence-electron chi connectivity index (χ1n) is 3.77. The summed E-state index contributed by atoms with van der Waals surface area (Å²) in [7, 11) is 4.20. The molecule has 0 radical (unpaired) electrons. The third-order valence-electron chi connectivity index (χ3n) is 1.20. The van der Waals surface area contributed by atoms with Crippen LogP contribution in [0.5, 0.6) is 0 Å². The number of hydrogen-bond donors (Lipinski definition) is 1. The van der Waals surface area contributed by atoms with Crippen LogP contribution < -0.4 is 4.89 Å². The predicted octanol–water partition coefficient (Wildman–Crippen LogP) is 0.774. The number of rotatable bonds is 4. The van der Waals surface area contributed by atoms with E-state index < -0.39 is 7.77 Å². The van der Waals surface area contributed by atoms with Gasteiger partial charge in [0, 0.05) is 0 Å². The van der Waals surface area contributed by atoms with Gasteiger partial charge >= 0.3 is 0 Å². The van der Waals surface area contributed by atoms with Gasteiger partial charge in [-0.25, -0.2) is 0 Å². The highest BCUT2D eigenvalue weighted by Gasteiger charge is 2.15. The van der Waals surface area contributed by atoms with Crippen molar-refractivity contribution in [3.8, 4) is 0 Å². The zero-order valence-corrected chi connectivity index (χ0v) is 8.84. The van der Waals surface area contributed by atoms with Crippen molar-refractivity contribution in [1.82, 2.24) is 0 Å². The fourth-order valence-corrected chi connectivity index (χ4v) is 1.75. The number of aliphatic hydroxyl groups is 1. The molecule has 0 spiro atoms. The third-order valence-corrected chi connectivity index (χ3v) is 2.51. The quantitative estimate of drug-likeness (QED) is 0.419. The largest absolute Gasteiger partial charge is 0.628 e. The Hall–Kier alpha value is -0.210. The normalized spacial score (nSPS) is 13.0. The van der Waals surface area contributed by atoms with Crippen molar-refractivity contribution in [2.75, 3.05) is 33.8 Å². The molecule has 3 nitrogen and oxygen atoms in total. The van der Waals surface area contributed by atoms with Crippen molar-refractivity contribution >= 4 is 13.3 Å². The minimum absolute atomic E-state index is 0. The molecule has 0 aliphatic rings. The van der Waals surface area contributed by atoms with Crippen LogP contribution in [0.15, 0.2) is 12.7 Å². The number of hydrogen-bond acceptors (Lipinski definition) is 1. The number of allylic oxidation sites excluding steroid dienone is 1. The monoisotopic (exact) mass is 206 g/mol. The van der Waals surface area contributed by atoms with Gasteiger partial charge in [0.15, 0.2) is 6.54 Å². The van der Waals surface area contributed by atoms with E-state index in [2.05, 4.69) is 6.58 Å². The fourth-order valence-electron chi connectivity index (χ4n) is 0.726. The summed E-state index contributed by atoms with van der Waals surface area (Å²) in [6.07, 6.45) is 1.92. The first kappa shape index (κ1) is 15.3. The second kappa shape index (κ2) is 6.28. The number of aliphatic hydroxyl groups excluding tert-OH is 1. The van der Waals surface area contributed by atoms with E-state index in [0.717, 1.165) is 0 Å². The SMILES string of the molecule is C.C=CC/[P+]([O-])=C(\O)C[N+](C)(C)C. The molecule has 0 saturated carbocycles. The Balaban J connectivity index is 0. The topological polar surface area (TPSA) is 43.3 Å². The van der Waals surface area contributed by atoms with Crippen molar-refractivity contribution in [3.05, 3.63) is 12.7 Å². The minimum Gasteiger partial charge on any atom is -0.628 e. The van der Waals surface area contributed by atoms with Gasteiger partial charge in [0.2, 0.25) is 0 Å². The maximum atomic E-state index is 11.2. The first-order valence-corrected chi connectivity index (χ1v) is 5.22. The van der Waals surface area contributed by atoms with Gasteiger partial charge in [0.05, 0.1) is 28.9 Å². The molecule has 0 amide bonds. The van der Waals surface area contributed by atoms with Crippen LogP contribution in [0.3, 0.4) is 0 Å². The fraction of sp³-hybridized carbons (Fsp3) is 0.667. The summed E-state index contributed by atoms with van der Waals surface area (Å²) in [6.45, 7) is 3.90. The van der Waals surface area contributed by atoms with Gasteiger partial charge in [-0.1, -0.05) is 14.0 Å². The van der Waals surface area contributed by atoms with Crippen LogP contribution in [0.25, 0.3) is 0 Å². The summed E-state index contributed by atoms with van der Waals surface area (Å²) >= 11 is 0. The van der Waals surface area contributed by atoms with E-state index >= 15 is 0 Å². The van der Waals surface area contributed by atoms with E-state index in [-0.39, 0.29) is 12.9 Å². The third kappa shape index (κ3) is 8.13. The lowest BCUT2D eigenvalue weighted by Crippen LogP contribution is -2.39. The van der Waals surface area contributed by atoms with Crippen molar-refractivity contribution in [2.45, 2.75) is 7.43 Å². The van der Waals surface area contributed by atoms with Gasteiger partial charge in [-0.3, -0.25) is 0 Å². The molecule has 0 aromatic heterocycles. The molecule has 0 bridgehead atoms.